The third kappa shape index (κ3) is 3.19. The van der Waals surface area contributed by atoms with Crippen LogP contribution in [0.5, 0.6) is 5.88 Å². The summed E-state index contributed by atoms with van der Waals surface area (Å²) in [6, 6.07) is 5.71. The van der Waals surface area contributed by atoms with Crippen molar-refractivity contribution in [1.29, 1.82) is 0 Å². The molecular weight excluding hydrogens is 240 g/mol. The lowest BCUT2D eigenvalue weighted by Crippen LogP contribution is -2.01. The highest BCUT2D eigenvalue weighted by Crippen LogP contribution is 2.22. The van der Waals surface area contributed by atoms with E-state index in [1.807, 2.05) is 25.2 Å². The molecule has 0 radical (unpaired) electrons. The highest BCUT2D eigenvalue weighted by molar-refractivity contribution is 5.63. The summed E-state index contributed by atoms with van der Waals surface area (Å²) in [4.78, 5) is 13.1. The standard InChI is InChI=1S/C14H18N4O/c1-4-5-12-17-11(9-13(15-2)18-12)10-6-7-16-14(8-10)19-3/h6-9H,4-5H2,1-3H3,(H,15,17,18). The van der Waals surface area contributed by atoms with Crippen LogP contribution in [-0.4, -0.2) is 29.1 Å². The monoisotopic (exact) mass is 258 g/mol. The molecule has 1 N–H and O–H groups in total. The van der Waals surface area contributed by atoms with Crippen molar-refractivity contribution in [3.05, 3.63) is 30.2 Å². The fraction of sp³-hybridized carbons (Fsp3) is 0.357. The number of ether oxygens (including phenoxy) is 1. The summed E-state index contributed by atoms with van der Waals surface area (Å²) in [5.41, 5.74) is 1.85. The maximum Gasteiger partial charge on any atom is 0.213 e. The van der Waals surface area contributed by atoms with Gasteiger partial charge in [0, 0.05) is 37.4 Å². The molecule has 0 aliphatic heterocycles. The number of aryl methyl sites for hydroxylation is 1. The van der Waals surface area contributed by atoms with Crippen LogP contribution in [0.2, 0.25) is 0 Å². The second-order valence-corrected chi connectivity index (χ2v) is 4.14. The first kappa shape index (κ1) is 13.3. The van der Waals surface area contributed by atoms with Gasteiger partial charge in [0.05, 0.1) is 12.8 Å². The van der Waals surface area contributed by atoms with Crippen molar-refractivity contribution in [3.63, 3.8) is 0 Å². The smallest absolute Gasteiger partial charge is 0.213 e. The summed E-state index contributed by atoms with van der Waals surface area (Å²) in [5, 5.41) is 3.07. The molecular formula is C14H18N4O. The van der Waals surface area contributed by atoms with Crippen molar-refractivity contribution in [2.45, 2.75) is 19.8 Å². The Morgan fingerprint density at radius 2 is 2.11 bits per heavy atom. The molecule has 5 heteroatoms. The Labute approximate surface area is 113 Å². The molecule has 5 nitrogen and oxygen atoms in total. The maximum atomic E-state index is 5.14. The number of anilines is 1. The fourth-order valence-corrected chi connectivity index (χ4v) is 1.79. The Morgan fingerprint density at radius 1 is 1.26 bits per heavy atom. The SMILES string of the molecule is CCCc1nc(NC)cc(-c2ccnc(OC)c2)n1. The van der Waals surface area contributed by atoms with Gasteiger partial charge in [-0.05, 0) is 12.5 Å². The molecule has 2 rings (SSSR count). The number of hydrogen-bond donors (Lipinski definition) is 1. The van der Waals surface area contributed by atoms with Crippen LogP contribution in [0, 0.1) is 0 Å². The van der Waals surface area contributed by atoms with Crippen LogP contribution >= 0.6 is 0 Å². The number of methoxy groups -OCH3 is 1. The van der Waals surface area contributed by atoms with Crippen molar-refractivity contribution in [2.24, 2.45) is 0 Å². The first-order valence-corrected chi connectivity index (χ1v) is 6.33. The van der Waals surface area contributed by atoms with Crippen LogP contribution in [0.1, 0.15) is 19.2 Å². The minimum Gasteiger partial charge on any atom is -0.481 e. The minimum atomic E-state index is 0.583. The van der Waals surface area contributed by atoms with Crippen LogP contribution < -0.4 is 10.1 Å². The molecule has 0 aliphatic carbocycles. The molecule has 100 valence electrons. The molecule has 0 aliphatic rings. The average molecular weight is 258 g/mol. The summed E-state index contributed by atoms with van der Waals surface area (Å²) in [6.07, 6.45) is 3.60. The largest absolute Gasteiger partial charge is 0.481 e. The molecule has 0 spiro atoms. The number of rotatable bonds is 5. The number of nitrogens with one attached hydrogen (secondary N) is 1. The van der Waals surface area contributed by atoms with Crippen LogP contribution in [0.15, 0.2) is 24.4 Å². The Hall–Kier alpha value is -2.17. The summed E-state index contributed by atoms with van der Waals surface area (Å²) >= 11 is 0. The number of pyridine rings is 1. The van der Waals surface area contributed by atoms with Gasteiger partial charge in [0.1, 0.15) is 11.6 Å². The molecule has 0 unspecified atom stereocenters. The molecule has 0 bridgehead atoms. The molecule has 2 heterocycles. The summed E-state index contributed by atoms with van der Waals surface area (Å²) in [7, 11) is 3.46. The topological polar surface area (TPSA) is 59.9 Å². The molecule has 0 fully saturated rings. The van der Waals surface area contributed by atoms with Gasteiger partial charge in [-0.25, -0.2) is 15.0 Å². The van der Waals surface area contributed by atoms with Crippen molar-refractivity contribution in [1.82, 2.24) is 15.0 Å². The Kier molecular flexibility index (Phi) is 4.28. The normalized spacial score (nSPS) is 10.3. The first-order chi connectivity index (χ1) is 9.26. The van der Waals surface area contributed by atoms with Crippen molar-refractivity contribution in [3.8, 4) is 17.1 Å². The van der Waals surface area contributed by atoms with E-state index >= 15 is 0 Å². The Bertz CT molecular complexity index is 557. The number of nitrogens with zero attached hydrogens (tertiary/aromatic N) is 3. The highest BCUT2D eigenvalue weighted by Gasteiger charge is 2.07. The fourth-order valence-electron chi connectivity index (χ4n) is 1.79. The lowest BCUT2D eigenvalue weighted by molar-refractivity contribution is 0.398. The van der Waals surface area contributed by atoms with Crippen LogP contribution in [0.4, 0.5) is 5.82 Å². The van der Waals surface area contributed by atoms with Gasteiger partial charge in [-0.15, -0.1) is 0 Å². The van der Waals surface area contributed by atoms with E-state index < -0.39 is 0 Å². The second-order valence-electron chi connectivity index (χ2n) is 4.14. The van der Waals surface area contributed by atoms with Gasteiger partial charge in [0.2, 0.25) is 5.88 Å². The van der Waals surface area contributed by atoms with E-state index in [9.17, 15) is 0 Å². The predicted octanol–water partition coefficient (Wildman–Crippen LogP) is 2.54. The molecule has 0 saturated carbocycles. The van der Waals surface area contributed by atoms with Crippen LogP contribution in [0.3, 0.4) is 0 Å². The van der Waals surface area contributed by atoms with E-state index in [0.717, 1.165) is 35.7 Å². The van der Waals surface area contributed by atoms with E-state index in [4.69, 9.17) is 4.74 Å². The number of aromatic nitrogens is 3. The van der Waals surface area contributed by atoms with Gasteiger partial charge in [-0.3, -0.25) is 0 Å². The Morgan fingerprint density at radius 3 is 2.79 bits per heavy atom. The van der Waals surface area contributed by atoms with Crippen LogP contribution in [0.25, 0.3) is 11.3 Å². The zero-order valence-electron chi connectivity index (χ0n) is 11.5. The molecule has 2 aromatic rings. The summed E-state index contributed by atoms with van der Waals surface area (Å²) in [5.74, 6) is 2.25. The maximum absolute atomic E-state index is 5.14. The van der Waals surface area contributed by atoms with E-state index in [0.29, 0.717) is 5.88 Å². The summed E-state index contributed by atoms with van der Waals surface area (Å²) < 4.78 is 5.14. The van der Waals surface area contributed by atoms with Crippen molar-refractivity contribution >= 4 is 5.82 Å². The van der Waals surface area contributed by atoms with Gasteiger partial charge in [-0.2, -0.15) is 0 Å². The quantitative estimate of drug-likeness (QED) is 0.893. The van der Waals surface area contributed by atoms with E-state index in [1.54, 1.807) is 13.3 Å². The first-order valence-electron chi connectivity index (χ1n) is 6.33. The molecule has 0 saturated heterocycles. The molecule has 0 atom stereocenters. The van der Waals surface area contributed by atoms with E-state index in [2.05, 4.69) is 27.2 Å². The summed E-state index contributed by atoms with van der Waals surface area (Å²) in [6.45, 7) is 2.12. The molecule has 2 aromatic heterocycles. The van der Waals surface area contributed by atoms with Crippen LogP contribution in [-0.2, 0) is 6.42 Å². The van der Waals surface area contributed by atoms with Gasteiger partial charge in [0.25, 0.3) is 0 Å². The van der Waals surface area contributed by atoms with Crippen molar-refractivity contribution < 1.29 is 4.74 Å². The number of hydrogen-bond acceptors (Lipinski definition) is 5. The second kappa shape index (κ2) is 6.13. The van der Waals surface area contributed by atoms with Gasteiger partial charge >= 0.3 is 0 Å². The van der Waals surface area contributed by atoms with Gasteiger partial charge in [0.15, 0.2) is 0 Å². The molecule has 19 heavy (non-hydrogen) atoms. The Balaban J connectivity index is 2.44. The zero-order chi connectivity index (χ0) is 13.7. The van der Waals surface area contributed by atoms with Gasteiger partial charge in [-0.1, -0.05) is 6.92 Å². The van der Waals surface area contributed by atoms with E-state index in [-0.39, 0.29) is 0 Å². The third-order valence-corrected chi connectivity index (χ3v) is 2.74. The lowest BCUT2D eigenvalue weighted by Gasteiger charge is -2.08. The zero-order valence-corrected chi connectivity index (χ0v) is 11.5. The highest BCUT2D eigenvalue weighted by atomic mass is 16.5. The molecule has 0 aromatic carbocycles. The van der Waals surface area contributed by atoms with E-state index in [1.165, 1.54) is 0 Å². The van der Waals surface area contributed by atoms with Crippen molar-refractivity contribution in [2.75, 3.05) is 19.5 Å². The average Bonchev–Trinajstić information content (AvgIpc) is 2.47. The molecule has 0 amide bonds. The van der Waals surface area contributed by atoms with Gasteiger partial charge < -0.3 is 10.1 Å². The third-order valence-electron chi connectivity index (χ3n) is 2.74. The minimum absolute atomic E-state index is 0.583. The lowest BCUT2D eigenvalue weighted by atomic mass is 10.2. The predicted molar refractivity (Wildman–Crippen MR) is 75.4 cm³/mol.